The second-order valence-corrected chi connectivity index (χ2v) is 5.95. The van der Waals surface area contributed by atoms with Gasteiger partial charge in [0.05, 0.1) is 0 Å². The number of aromatic nitrogens is 1. The zero-order valence-corrected chi connectivity index (χ0v) is 15.1. The molecule has 2 aromatic carbocycles. The fraction of sp³-hybridized carbons (Fsp3) is 0. The third kappa shape index (κ3) is 3.88. The lowest BCUT2D eigenvalue weighted by atomic mass is 10.1. The zero-order chi connectivity index (χ0) is 20.1. The molecule has 0 saturated carbocycles. The minimum Gasteiger partial charge on any atom is -0.477 e. The highest BCUT2D eigenvalue weighted by molar-refractivity contribution is 6.10. The van der Waals surface area contributed by atoms with Gasteiger partial charge >= 0.3 is 5.97 Å². The van der Waals surface area contributed by atoms with E-state index in [9.17, 15) is 14.7 Å². The van der Waals surface area contributed by atoms with E-state index in [0.717, 1.165) is 11.1 Å². The predicted molar refractivity (Wildman–Crippen MR) is 111 cm³/mol. The molecule has 1 heterocycles. The van der Waals surface area contributed by atoms with Crippen molar-refractivity contribution in [2.45, 2.75) is 0 Å². The predicted octanol–water partition coefficient (Wildman–Crippen LogP) is 5.04. The quantitative estimate of drug-likeness (QED) is 0.659. The molecule has 0 aliphatic heterocycles. The summed E-state index contributed by atoms with van der Waals surface area (Å²) in [6, 6.07) is 19.0. The molecule has 28 heavy (non-hydrogen) atoms. The molecule has 0 saturated heterocycles. The number of carbonyl (C=O) groups is 2. The molecule has 1 N–H and O–H groups in total. The van der Waals surface area contributed by atoms with Crippen molar-refractivity contribution in [3.63, 3.8) is 0 Å². The smallest absolute Gasteiger partial charge is 0.354 e. The van der Waals surface area contributed by atoms with E-state index in [0.29, 0.717) is 11.4 Å². The van der Waals surface area contributed by atoms with Crippen molar-refractivity contribution in [2.75, 3.05) is 4.90 Å². The summed E-state index contributed by atoms with van der Waals surface area (Å²) in [5.41, 5.74) is 2.96. The maximum Gasteiger partial charge on any atom is 0.354 e. The Balaban J connectivity index is 2.09. The molecular formula is C23H18N2O3. The molecule has 0 unspecified atom stereocenters. The largest absolute Gasteiger partial charge is 0.477 e. The Kier molecular flexibility index (Phi) is 5.46. The van der Waals surface area contributed by atoms with Crippen LogP contribution in [0.3, 0.4) is 0 Å². The van der Waals surface area contributed by atoms with Crippen LogP contribution in [0.4, 0.5) is 11.4 Å². The second-order valence-electron chi connectivity index (χ2n) is 5.95. The van der Waals surface area contributed by atoms with Crippen LogP contribution in [0.5, 0.6) is 0 Å². The molecule has 0 aliphatic rings. The van der Waals surface area contributed by atoms with Gasteiger partial charge < -0.3 is 5.11 Å². The molecule has 0 fully saturated rings. The van der Waals surface area contributed by atoms with Crippen LogP contribution in [-0.2, 0) is 0 Å². The highest BCUT2D eigenvalue weighted by Gasteiger charge is 2.22. The molecule has 0 spiro atoms. The van der Waals surface area contributed by atoms with Crippen molar-refractivity contribution < 1.29 is 14.7 Å². The number of nitrogens with zero attached hydrogens (tertiary/aromatic N) is 2. The van der Waals surface area contributed by atoms with E-state index in [2.05, 4.69) is 18.1 Å². The molecule has 138 valence electrons. The van der Waals surface area contributed by atoms with Crippen molar-refractivity contribution in [1.29, 1.82) is 0 Å². The number of anilines is 2. The number of amides is 1. The van der Waals surface area contributed by atoms with Crippen LogP contribution in [0.2, 0.25) is 0 Å². The summed E-state index contributed by atoms with van der Waals surface area (Å²) >= 11 is 0. The SMILES string of the molecule is C=Cc1ccc(N(C(=O)c2cccc(C(=O)O)n2)c2ccc(C=C)cc2)cc1. The third-order valence-corrected chi connectivity index (χ3v) is 4.16. The van der Waals surface area contributed by atoms with Gasteiger partial charge in [0, 0.05) is 11.4 Å². The first-order chi connectivity index (χ1) is 13.5. The van der Waals surface area contributed by atoms with E-state index in [1.165, 1.54) is 23.1 Å². The normalized spacial score (nSPS) is 10.1. The lowest BCUT2D eigenvalue weighted by Gasteiger charge is -2.23. The lowest BCUT2D eigenvalue weighted by Crippen LogP contribution is -2.27. The van der Waals surface area contributed by atoms with Crippen LogP contribution in [0.25, 0.3) is 12.2 Å². The monoisotopic (exact) mass is 370 g/mol. The highest BCUT2D eigenvalue weighted by atomic mass is 16.4. The van der Waals surface area contributed by atoms with Gasteiger partial charge in [0.15, 0.2) is 0 Å². The first-order valence-electron chi connectivity index (χ1n) is 8.53. The van der Waals surface area contributed by atoms with E-state index in [1.54, 1.807) is 36.4 Å². The van der Waals surface area contributed by atoms with Gasteiger partial charge in [-0.25, -0.2) is 9.78 Å². The molecule has 0 bridgehead atoms. The van der Waals surface area contributed by atoms with Gasteiger partial charge in [-0.2, -0.15) is 0 Å². The minimum atomic E-state index is -1.19. The maximum absolute atomic E-state index is 13.3. The average molecular weight is 370 g/mol. The maximum atomic E-state index is 13.3. The second kappa shape index (κ2) is 8.14. The Morgan fingerprint density at radius 2 is 1.25 bits per heavy atom. The van der Waals surface area contributed by atoms with Crippen LogP contribution in [0, 0.1) is 0 Å². The standard InChI is InChI=1S/C23H18N2O3/c1-3-16-8-12-18(13-9-16)25(19-14-10-17(4-2)11-15-19)22(26)20-6-5-7-21(24-20)23(27)28/h3-15H,1-2H2,(H,27,28). The van der Waals surface area contributed by atoms with E-state index in [4.69, 9.17) is 0 Å². The van der Waals surface area contributed by atoms with E-state index in [1.807, 2.05) is 24.3 Å². The topological polar surface area (TPSA) is 70.5 Å². The van der Waals surface area contributed by atoms with Crippen LogP contribution in [0.1, 0.15) is 32.1 Å². The molecule has 0 aliphatic carbocycles. The summed E-state index contributed by atoms with van der Waals surface area (Å²) in [4.78, 5) is 30.0. The van der Waals surface area contributed by atoms with E-state index < -0.39 is 11.9 Å². The van der Waals surface area contributed by atoms with Gasteiger partial charge in [0.25, 0.3) is 5.91 Å². The number of aromatic carboxylic acids is 1. The summed E-state index contributed by atoms with van der Waals surface area (Å²) in [5.74, 6) is -1.62. The van der Waals surface area contributed by atoms with Gasteiger partial charge in [0.2, 0.25) is 0 Å². The number of benzene rings is 2. The van der Waals surface area contributed by atoms with Gasteiger partial charge in [-0.1, -0.05) is 55.6 Å². The molecule has 1 aromatic heterocycles. The Hall–Kier alpha value is -3.99. The Labute approximate surface area is 162 Å². The fourth-order valence-corrected chi connectivity index (χ4v) is 2.69. The van der Waals surface area contributed by atoms with Crippen LogP contribution >= 0.6 is 0 Å². The summed E-state index contributed by atoms with van der Waals surface area (Å²) in [6.07, 6.45) is 3.43. The Morgan fingerprint density at radius 1 is 0.786 bits per heavy atom. The van der Waals surface area contributed by atoms with E-state index in [-0.39, 0.29) is 11.4 Å². The molecule has 5 nitrogen and oxygen atoms in total. The minimum absolute atomic E-state index is 0.0421. The number of carbonyl (C=O) groups excluding carboxylic acids is 1. The molecule has 0 radical (unpaired) electrons. The van der Waals surface area contributed by atoms with Crippen molar-refractivity contribution in [3.05, 3.63) is 102 Å². The van der Waals surface area contributed by atoms with E-state index >= 15 is 0 Å². The van der Waals surface area contributed by atoms with Gasteiger partial charge in [-0.3, -0.25) is 9.69 Å². The number of hydrogen-bond donors (Lipinski definition) is 1. The summed E-state index contributed by atoms with van der Waals surface area (Å²) in [7, 11) is 0. The Bertz CT molecular complexity index is 987. The summed E-state index contributed by atoms with van der Waals surface area (Å²) < 4.78 is 0. The first-order valence-corrected chi connectivity index (χ1v) is 8.53. The van der Waals surface area contributed by atoms with Crippen LogP contribution < -0.4 is 4.90 Å². The average Bonchev–Trinajstić information content (AvgIpc) is 2.75. The first kappa shape index (κ1) is 18.8. The van der Waals surface area contributed by atoms with Gasteiger partial charge in [-0.05, 0) is 47.5 Å². The van der Waals surface area contributed by atoms with Gasteiger partial charge in [0.1, 0.15) is 11.4 Å². The van der Waals surface area contributed by atoms with Crippen molar-refractivity contribution in [3.8, 4) is 0 Å². The molecule has 1 amide bonds. The Morgan fingerprint density at radius 3 is 1.68 bits per heavy atom. The zero-order valence-electron chi connectivity index (χ0n) is 15.1. The van der Waals surface area contributed by atoms with Crippen LogP contribution in [-0.4, -0.2) is 22.0 Å². The number of hydrogen-bond acceptors (Lipinski definition) is 3. The summed E-state index contributed by atoms with van der Waals surface area (Å²) in [6.45, 7) is 7.47. The highest BCUT2D eigenvalue weighted by Crippen LogP contribution is 2.28. The lowest BCUT2D eigenvalue weighted by molar-refractivity contribution is 0.0690. The molecule has 5 heteroatoms. The summed E-state index contributed by atoms with van der Waals surface area (Å²) in [5, 5.41) is 9.17. The van der Waals surface area contributed by atoms with Crippen LogP contribution in [0.15, 0.2) is 79.9 Å². The van der Waals surface area contributed by atoms with Crippen molar-refractivity contribution in [1.82, 2.24) is 4.98 Å². The molecular weight excluding hydrogens is 352 g/mol. The number of rotatable bonds is 6. The number of carboxylic acid groups (broad SMARTS) is 1. The van der Waals surface area contributed by atoms with Crippen molar-refractivity contribution in [2.24, 2.45) is 0 Å². The fourth-order valence-electron chi connectivity index (χ4n) is 2.69. The molecule has 3 aromatic rings. The third-order valence-electron chi connectivity index (χ3n) is 4.16. The number of pyridine rings is 1. The van der Waals surface area contributed by atoms with Gasteiger partial charge in [-0.15, -0.1) is 0 Å². The molecule has 3 rings (SSSR count). The number of carboxylic acids is 1. The molecule has 0 atom stereocenters. The van der Waals surface area contributed by atoms with Crippen molar-refractivity contribution >= 4 is 35.4 Å².